The summed E-state index contributed by atoms with van der Waals surface area (Å²) in [7, 11) is -1.94. The number of benzene rings is 2. The number of nitrogens with one attached hydrogen (secondary N) is 3. The first-order chi connectivity index (χ1) is 14.6. The van der Waals surface area contributed by atoms with Crippen molar-refractivity contribution >= 4 is 61.8 Å². The van der Waals surface area contributed by atoms with Crippen molar-refractivity contribution in [1.29, 1.82) is 0 Å². The number of ether oxygens (including phenoxy) is 1. The SMILES string of the molecule is COc1cc(Cl)cc(NC(=O)c2csc(C(=O)Nc3cccc(NS(C)(=O)=O)c3)c2)c1. The standard InChI is InChI=1S/C20H18ClN3O5S2/c1-29-17-8-13(21)7-16(10-17)23-19(25)12-6-18(30-11-12)20(26)22-14-4-3-5-15(9-14)24-31(2,27)28/h3-11,24H,1-2H3,(H,22,26)(H,23,25). The van der Waals surface area contributed by atoms with Crippen molar-refractivity contribution in [3.05, 3.63) is 69.4 Å². The van der Waals surface area contributed by atoms with Crippen molar-refractivity contribution in [1.82, 2.24) is 0 Å². The highest BCUT2D eigenvalue weighted by atomic mass is 35.5. The highest BCUT2D eigenvalue weighted by Gasteiger charge is 2.15. The molecule has 162 valence electrons. The van der Waals surface area contributed by atoms with Gasteiger partial charge in [-0.3, -0.25) is 14.3 Å². The van der Waals surface area contributed by atoms with Gasteiger partial charge in [-0.05, 0) is 36.4 Å². The maximum Gasteiger partial charge on any atom is 0.265 e. The van der Waals surface area contributed by atoms with E-state index in [0.29, 0.717) is 38.3 Å². The lowest BCUT2D eigenvalue weighted by Crippen LogP contribution is -2.13. The third-order valence-electron chi connectivity index (χ3n) is 3.87. The molecule has 1 aromatic heterocycles. The summed E-state index contributed by atoms with van der Waals surface area (Å²) in [6.45, 7) is 0. The summed E-state index contributed by atoms with van der Waals surface area (Å²) in [6, 6.07) is 12.6. The quantitative estimate of drug-likeness (QED) is 0.468. The average Bonchev–Trinajstić information content (AvgIpc) is 3.17. The Morgan fingerprint density at radius 3 is 2.39 bits per heavy atom. The third-order valence-corrected chi connectivity index (χ3v) is 5.63. The molecule has 3 aromatic rings. The molecule has 0 saturated carbocycles. The molecule has 0 fully saturated rings. The molecule has 11 heteroatoms. The number of sulfonamides is 1. The highest BCUT2D eigenvalue weighted by molar-refractivity contribution is 7.92. The number of amides is 2. The Bertz CT molecular complexity index is 1240. The Hall–Kier alpha value is -3.08. The Morgan fingerprint density at radius 1 is 0.968 bits per heavy atom. The topological polar surface area (TPSA) is 114 Å². The van der Waals surface area contributed by atoms with Gasteiger partial charge in [0.2, 0.25) is 10.0 Å². The molecule has 0 atom stereocenters. The van der Waals surface area contributed by atoms with Crippen LogP contribution >= 0.6 is 22.9 Å². The maximum absolute atomic E-state index is 12.5. The fourth-order valence-corrected chi connectivity index (χ4v) is 4.16. The van der Waals surface area contributed by atoms with Gasteiger partial charge in [0.15, 0.2) is 0 Å². The van der Waals surface area contributed by atoms with Gasteiger partial charge in [-0.2, -0.15) is 0 Å². The van der Waals surface area contributed by atoms with Crippen LogP contribution < -0.4 is 20.1 Å². The van der Waals surface area contributed by atoms with Gasteiger partial charge in [-0.1, -0.05) is 17.7 Å². The summed E-state index contributed by atoms with van der Waals surface area (Å²) in [5, 5.41) is 7.36. The average molecular weight is 480 g/mol. The summed E-state index contributed by atoms with van der Waals surface area (Å²) < 4.78 is 30.2. The molecule has 0 bridgehead atoms. The molecule has 31 heavy (non-hydrogen) atoms. The Kier molecular flexibility index (Phi) is 6.84. The molecule has 0 aliphatic carbocycles. The molecule has 8 nitrogen and oxygen atoms in total. The Morgan fingerprint density at radius 2 is 1.68 bits per heavy atom. The van der Waals surface area contributed by atoms with E-state index < -0.39 is 21.8 Å². The number of thiophene rings is 1. The van der Waals surface area contributed by atoms with Gasteiger partial charge in [-0.15, -0.1) is 11.3 Å². The van der Waals surface area contributed by atoms with E-state index >= 15 is 0 Å². The van der Waals surface area contributed by atoms with Crippen LogP contribution in [-0.4, -0.2) is 33.6 Å². The van der Waals surface area contributed by atoms with Gasteiger partial charge in [0.05, 0.1) is 29.5 Å². The van der Waals surface area contributed by atoms with Crippen LogP contribution in [0.5, 0.6) is 5.75 Å². The van der Waals surface area contributed by atoms with Crippen molar-refractivity contribution in [2.75, 3.05) is 28.7 Å². The number of hydrogen-bond acceptors (Lipinski definition) is 6. The molecule has 0 unspecified atom stereocenters. The van der Waals surface area contributed by atoms with Crippen LogP contribution in [0.15, 0.2) is 53.9 Å². The summed E-state index contributed by atoms with van der Waals surface area (Å²) in [5.74, 6) is -0.329. The van der Waals surface area contributed by atoms with Crippen LogP contribution in [0, 0.1) is 0 Å². The van der Waals surface area contributed by atoms with E-state index in [4.69, 9.17) is 16.3 Å². The minimum absolute atomic E-state index is 0.307. The van der Waals surface area contributed by atoms with Gasteiger partial charge in [0, 0.05) is 27.8 Å². The Labute approximate surface area is 188 Å². The smallest absolute Gasteiger partial charge is 0.265 e. The number of carbonyl (C=O) groups is 2. The molecule has 2 aromatic carbocycles. The van der Waals surface area contributed by atoms with Crippen LogP contribution in [0.2, 0.25) is 5.02 Å². The van der Waals surface area contributed by atoms with E-state index in [-0.39, 0.29) is 0 Å². The molecule has 0 saturated heterocycles. The first kappa shape index (κ1) is 22.6. The van der Waals surface area contributed by atoms with E-state index in [2.05, 4.69) is 15.4 Å². The highest BCUT2D eigenvalue weighted by Crippen LogP contribution is 2.25. The second-order valence-corrected chi connectivity index (χ2v) is 9.54. The molecule has 0 spiro atoms. The zero-order valence-corrected chi connectivity index (χ0v) is 18.8. The van der Waals surface area contributed by atoms with E-state index in [1.807, 2.05) is 0 Å². The number of methoxy groups -OCH3 is 1. The van der Waals surface area contributed by atoms with Crippen molar-refractivity contribution in [2.24, 2.45) is 0 Å². The van der Waals surface area contributed by atoms with Gasteiger partial charge in [0.1, 0.15) is 5.75 Å². The fraction of sp³-hybridized carbons (Fsp3) is 0.100. The molecule has 0 aliphatic rings. The van der Waals surface area contributed by atoms with Crippen LogP contribution in [0.4, 0.5) is 17.1 Å². The minimum Gasteiger partial charge on any atom is -0.497 e. The lowest BCUT2D eigenvalue weighted by Gasteiger charge is -2.08. The normalized spacial score (nSPS) is 10.9. The van der Waals surface area contributed by atoms with E-state index in [9.17, 15) is 18.0 Å². The molecule has 1 heterocycles. The summed E-state index contributed by atoms with van der Waals surface area (Å²) >= 11 is 7.11. The lowest BCUT2D eigenvalue weighted by atomic mass is 10.2. The zero-order valence-electron chi connectivity index (χ0n) is 16.4. The third kappa shape index (κ3) is 6.45. The van der Waals surface area contributed by atoms with Gasteiger partial charge in [-0.25, -0.2) is 8.42 Å². The molecule has 0 aliphatic heterocycles. The molecule has 2 amide bonds. The zero-order chi connectivity index (χ0) is 22.6. The first-order valence-electron chi connectivity index (χ1n) is 8.76. The van der Waals surface area contributed by atoms with Crippen LogP contribution in [0.1, 0.15) is 20.0 Å². The second-order valence-electron chi connectivity index (χ2n) is 6.44. The number of halogens is 1. The molecule has 3 N–H and O–H groups in total. The van der Waals surface area contributed by atoms with Gasteiger partial charge < -0.3 is 15.4 Å². The van der Waals surface area contributed by atoms with Crippen LogP contribution in [0.25, 0.3) is 0 Å². The van der Waals surface area contributed by atoms with E-state index in [1.54, 1.807) is 41.8 Å². The van der Waals surface area contributed by atoms with Crippen LogP contribution in [-0.2, 0) is 10.0 Å². The number of anilines is 3. The van der Waals surface area contributed by atoms with Crippen molar-refractivity contribution in [3.8, 4) is 5.75 Å². The summed E-state index contributed by atoms with van der Waals surface area (Å²) in [5.41, 5.74) is 1.50. The lowest BCUT2D eigenvalue weighted by molar-refractivity contribution is 0.102. The van der Waals surface area contributed by atoms with E-state index in [1.165, 1.54) is 19.2 Å². The molecular formula is C20H18ClN3O5S2. The van der Waals surface area contributed by atoms with Crippen molar-refractivity contribution in [3.63, 3.8) is 0 Å². The van der Waals surface area contributed by atoms with Gasteiger partial charge in [0.25, 0.3) is 11.8 Å². The van der Waals surface area contributed by atoms with Crippen molar-refractivity contribution < 1.29 is 22.7 Å². The molecular weight excluding hydrogens is 462 g/mol. The van der Waals surface area contributed by atoms with E-state index in [0.717, 1.165) is 17.6 Å². The summed E-state index contributed by atoms with van der Waals surface area (Å²) in [6.07, 6.45) is 1.04. The fourth-order valence-electron chi connectivity index (χ4n) is 2.60. The first-order valence-corrected chi connectivity index (χ1v) is 11.9. The maximum atomic E-state index is 12.5. The predicted molar refractivity (Wildman–Crippen MR) is 123 cm³/mol. The minimum atomic E-state index is -3.44. The Balaban J connectivity index is 1.69. The molecule has 3 rings (SSSR count). The second kappa shape index (κ2) is 9.38. The number of hydrogen-bond donors (Lipinski definition) is 3. The van der Waals surface area contributed by atoms with Gasteiger partial charge >= 0.3 is 0 Å². The molecule has 0 radical (unpaired) electrons. The van der Waals surface area contributed by atoms with Crippen LogP contribution in [0.3, 0.4) is 0 Å². The predicted octanol–water partition coefficient (Wildman–Crippen LogP) is 4.29. The van der Waals surface area contributed by atoms with Crippen molar-refractivity contribution in [2.45, 2.75) is 0 Å². The summed E-state index contributed by atoms with van der Waals surface area (Å²) in [4.78, 5) is 25.4. The monoisotopic (exact) mass is 479 g/mol. The number of rotatable bonds is 7. The number of carbonyl (C=O) groups excluding carboxylic acids is 2. The largest absolute Gasteiger partial charge is 0.497 e.